The number of hydrogen-bond acceptors (Lipinski definition) is 4. The molecule has 1 aromatic heterocycles. The number of likely N-dealkylation sites (N-methyl/N-ethyl adjacent to an activating group) is 1. The second kappa shape index (κ2) is 11.5. The van der Waals surface area contributed by atoms with Gasteiger partial charge in [-0.2, -0.15) is 0 Å². The van der Waals surface area contributed by atoms with E-state index >= 15 is 0 Å². The standard InChI is InChI=1S/C29H39ClN2O3S/c1-8-31(9-2)26(33)19-35-22-14-15-24-23(16-22)27(36-28(3,4)5)25(17-29(6,7)34)32(24)18-20-10-12-21(30)13-11-20/h10-16,34H,8-9,17-19H2,1-7H3. The highest BCUT2D eigenvalue weighted by atomic mass is 35.5. The van der Waals surface area contributed by atoms with Crippen molar-refractivity contribution in [2.45, 2.75) is 76.7 Å². The number of carbonyl (C=O) groups is 1. The number of ether oxygens (including phenoxy) is 1. The Morgan fingerprint density at radius 1 is 1.06 bits per heavy atom. The van der Waals surface area contributed by atoms with Crippen molar-refractivity contribution in [3.05, 3.63) is 58.7 Å². The van der Waals surface area contributed by atoms with Crippen LogP contribution in [0.3, 0.4) is 0 Å². The number of aromatic nitrogens is 1. The molecule has 0 bridgehead atoms. The number of rotatable bonds is 10. The number of nitrogens with zero attached hydrogens (tertiary/aromatic N) is 2. The van der Waals surface area contributed by atoms with Crippen molar-refractivity contribution in [3.63, 3.8) is 0 Å². The SMILES string of the molecule is CCN(CC)C(=O)COc1ccc2c(c1)c(SC(C)(C)C)c(CC(C)(C)O)n2Cc1ccc(Cl)cc1. The zero-order valence-corrected chi connectivity index (χ0v) is 24.1. The highest BCUT2D eigenvalue weighted by Crippen LogP contribution is 2.43. The van der Waals surface area contributed by atoms with Crippen LogP contribution in [0.5, 0.6) is 5.75 Å². The molecule has 1 amide bonds. The van der Waals surface area contributed by atoms with Crippen LogP contribution in [0, 0.1) is 0 Å². The minimum absolute atomic E-state index is 0.0109. The second-order valence-electron chi connectivity index (χ2n) is 10.7. The lowest BCUT2D eigenvalue weighted by atomic mass is 10.0. The first-order valence-corrected chi connectivity index (χ1v) is 13.7. The van der Waals surface area contributed by atoms with Gasteiger partial charge in [-0.25, -0.2) is 0 Å². The van der Waals surface area contributed by atoms with Gasteiger partial charge in [-0.1, -0.05) is 44.5 Å². The molecule has 0 aliphatic carbocycles. The van der Waals surface area contributed by atoms with Gasteiger partial charge >= 0.3 is 0 Å². The summed E-state index contributed by atoms with van der Waals surface area (Å²) in [6.45, 7) is 16.2. The molecule has 0 aliphatic rings. The van der Waals surface area contributed by atoms with Gasteiger partial charge < -0.3 is 19.3 Å². The van der Waals surface area contributed by atoms with Crippen molar-refractivity contribution < 1.29 is 14.6 Å². The number of benzene rings is 2. The van der Waals surface area contributed by atoms with Gasteiger partial charge in [0.15, 0.2) is 6.61 Å². The zero-order valence-electron chi connectivity index (χ0n) is 22.5. The van der Waals surface area contributed by atoms with Crippen molar-refractivity contribution in [2.24, 2.45) is 0 Å². The lowest BCUT2D eigenvalue weighted by molar-refractivity contribution is -0.132. The van der Waals surface area contributed by atoms with Gasteiger partial charge in [-0.15, -0.1) is 11.8 Å². The van der Waals surface area contributed by atoms with Gasteiger partial charge in [-0.3, -0.25) is 4.79 Å². The summed E-state index contributed by atoms with van der Waals surface area (Å²) in [5.74, 6) is 0.643. The fourth-order valence-electron chi connectivity index (χ4n) is 4.22. The molecule has 196 valence electrons. The Hall–Kier alpha value is -2.15. The van der Waals surface area contributed by atoms with E-state index in [1.807, 2.05) is 64.1 Å². The fourth-order valence-corrected chi connectivity index (χ4v) is 5.53. The number of hydrogen-bond donors (Lipinski definition) is 1. The third kappa shape index (κ3) is 7.44. The lowest BCUT2D eigenvalue weighted by Crippen LogP contribution is -2.34. The Balaban J connectivity index is 2.11. The van der Waals surface area contributed by atoms with E-state index in [2.05, 4.69) is 31.4 Å². The van der Waals surface area contributed by atoms with Crippen molar-refractivity contribution in [2.75, 3.05) is 19.7 Å². The molecule has 0 spiro atoms. The van der Waals surface area contributed by atoms with E-state index in [1.54, 1.807) is 16.7 Å². The topological polar surface area (TPSA) is 54.7 Å². The molecule has 3 aromatic rings. The molecule has 0 atom stereocenters. The number of thioether (sulfide) groups is 1. The average Bonchev–Trinajstić information content (AvgIpc) is 3.04. The predicted molar refractivity (Wildman–Crippen MR) is 152 cm³/mol. The maximum absolute atomic E-state index is 12.5. The number of aliphatic hydroxyl groups is 1. The number of halogens is 1. The van der Waals surface area contributed by atoms with Crippen LogP contribution >= 0.6 is 23.4 Å². The molecule has 7 heteroatoms. The monoisotopic (exact) mass is 530 g/mol. The van der Waals surface area contributed by atoms with Crippen LogP contribution in [0.2, 0.25) is 5.02 Å². The van der Waals surface area contributed by atoms with Crippen LogP contribution in [-0.4, -0.2) is 50.5 Å². The predicted octanol–water partition coefficient (Wildman–Crippen LogP) is 6.79. The van der Waals surface area contributed by atoms with Crippen LogP contribution in [0.4, 0.5) is 0 Å². The lowest BCUT2D eigenvalue weighted by Gasteiger charge is -2.23. The van der Waals surface area contributed by atoms with E-state index in [0.717, 1.165) is 27.1 Å². The van der Waals surface area contributed by atoms with E-state index < -0.39 is 5.60 Å². The largest absolute Gasteiger partial charge is 0.484 e. The number of fused-ring (bicyclic) bond motifs is 1. The molecule has 1 heterocycles. The minimum Gasteiger partial charge on any atom is -0.484 e. The van der Waals surface area contributed by atoms with E-state index in [0.29, 0.717) is 36.8 Å². The number of amides is 1. The molecular formula is C29H39ClN2O3S. The highest BCUT2D eigenvalue weighted by molar-refractivity contribution is 8.00. The van der Waals surface area contributed by atoms with Crippen molar-refractivity contribution in [1.29, 1.82) is 0 Å². The Kier molecular flexibility index (Phi) is 9.07. The average molecular weight is 531 g/mol. The zero-order chi connectivity index (χ0) is 26.7. The first-order valence-electron chi connectivity index (χ1n) is 12.5. The first-order chi connectivity index (χ1) is 16.8. The highest BCUT2D eigenvalue weighted by Gasteiger charge is 2.27. The van der Waals surface area contributed by atoms with E-state index in [-0.39, 0.29) is 17.3 Å². The summed E-state index contributed by atoms with van der Waals surface area (Å²) in [6, 6.07) is 13.9. The molecule has 5 nitrogen and oxygen atoms in total. The third-order valence-electron chi connectivity index (χ3n) is 5.83. The molecule has 0 radical (unpaired) electrons. The smallest absolute Gasteiger partial charge is 0.260 e. The van der Waals surface area contributed by atoms with Crippen molar-refractivity contribution in [1.82, 2.24) is 9.47 Å². The molecule has 3 rings (SSSR count). The Morgan fingerprint density at radius 3 is 2.25 bits per heavy atom. The Morgan fingerprint density at radius 2 is 1.69 bits per heavy atom. The normalized spacial score (nSPS) is 12.2. The third-order valence-corrected chi connectivity index (χ3v) is 7.36. The molecule has 0 saturated carbocycles. The summed E-state index contributed by atoms with van der Waals surface area (Å²) in [5, 5.41) is 12.6. The van der Waals surface area contributed by atoms with Crippen molar-refractivity contribution >= 4 is 40.2 Å². The summed E-state index contributed by atoms with van der Waals surface area (Å²) in [7, 11) is 0. The van der Waals surface area contributed by atoms with E-state index in [9.17, 15) is 9.90 Å². The molecule has 2 aromatic carbocycles. The van der Waals surface area contributed by atoms with Gasteiger partial charge in [0.05, 0.1) is 5.60 Å². The van der Waals surface area contributed by atoms with Gasteiger partial charge in [-0.05, 0) is 63.6 Å². The summed E-state index contributed by atoms with van der Waals surface area (Å²) in [6.07, 6.45) is 0.504. The van der Waals surface area contributed by atoms with Gasteiger partial charge in [0.25, 0.3) is 5.91 Å². The van der Waals surface area contributed by atoms with Gasteiger partial charge in [0.2, 0.25) is 0 Å². The van der Waals surface area contributed by atoms with Crippen molar-refractivity contribution in [3.8, 4) is 5.75 Å². The van der Waals surface area contributed by atoms with Crippen LogP contribution < -0.4 is 4.74 Å². The van der Waals surface area contributed by atoms with Crippen LogP contribution in [0.15, 0.2) is 47.4 Å². The Labute approximate surface area is 224 Å². The van der Waals surface area contributed by atoms with Crippen LogP contribution in [0.1, 0.15) is 59.7 Å². The molecule has 0 unspecified atom stereocenters. The molecule has 0 aliphatic heterocycles. The van der Waals surface area contributed by atoms with Crippen LogP contribution in [-0.2, 0) is 17.8 Å². The maximum Gasteiger partial charge on any atom is 0.260 e. The molecule has 1 N–H and O–H groups in total. The molecule has 0 fully saturated rings. The quantitative estimate of drug-likeness (QED) is 0.293. The molecule has 36 heavy (non-hydrogen) atoms. The molecule has 0 saturated heterocycles. The Bertz CT molecular complexity index is 1190. The number of carbonyl (C=O) groups excluding carboxylic acids is 1. The van der Waals surface area contributed by atoms with Crippen LogP contribution in [0.25, 0.3) is 10.9 Å². The van der Waals surface area contributed by atoms with Gasteiger partial charge in [0, 0.05) is 57.3 Å². The van der Waals surface area contributed by atoms with E-state index in [4.69, 9.17) is 16.3 Å². The first kappa shape index (κ1) is 28.4. The summed E-state index contributed by atoms with van der Waals surface area (Å²) < 4.78 is 8.20. The summed E-state index contributed by atoms with van der Waals surface area (Å²) >= 11 is 7.92. The maximum atomic E-state index is 12.5. The fraction of sp³-hybridized carbons (Fsp3) is 0.483. The summed E-state index contributed by atoms with van der Waals surface area (Å²) in [5.41, 5.74) is 2.40. The van der Waals surface area contributed by atoms with Gasteiger partial charge in [0.1, 0.15) is 5.75 Å². The minimum atomic E-state index is -0.880. The summed E-state index contributed by atoms with van der Waals surface area (Å²) in [4.78, 5) is 15.4. The molecular weight excluding hydrogens is 492 g/mol. The second-order valence-corrected chi connectivity index (χ2v) is 13.0. The van der Waals surface area contributed by atoms with E-state index in [1.165, 1.54) is 0 Å².